The van der Waals surface area contributed by atoms with Crippen molar-refractivity contribution in [3.63, 3.8) is 0 Å². The van der Waals surface area contributed by atoms with E-state index in [0.29, 0.717) is 6.04 Å². The Bertz CT molecular complexity index is 601. The van der Waals surface area contributed by atoms with Gasteiger partial charge in [-0.25, -0.2) is 0 Å². The van der Waals surface area contributed by atoms with Crippen molar-refractivity contribution in [2.45, 2.75) is 38.8 Å². The number of nitrogens with one attached hydrogen (secondary N) is 1. The molecule has 0 amide bonds. The van der Waals surface area contributed by atoms with Crippen LogP contribution in [0.3, 0.4) is 0 Å². The summed E-state index contributed by atoms with van der Waals surface area (Å²) in [5.74, 6) is 0. The summed E-state index contributed by atoms with van der Waals surface area (Å²) in [6.07, 6.45) is 3.02. The first-order valence-corrected chi connectivity index (χ1v) is 7.46. The highest BCUT2D eigenvalue weighted by Gasteiger charge is 2.32. The zero-order chi connectivity index (χ0) is 14.2. The van der Waals surface area contributed by atoms with Crippen LogP contribution < -0.4 is 10.2 Å². The minimum atomic E-state index is 0.149. The van der Waals surface area contributed by atoms with Crippen LogP contribution in [-0.4, -0.2) is 29.7 Å². The second-order valence-corrected chi connectivity index (χ2v) is 6.30. The molecule has 1 fully saturated rings. The van der Waals surface area contributed by atoms with Gasteiger partial charge in [-0.05, 0) is 44.5 Å². The second kappa shape index (κ2) is 5.06. The van der Waals surface area contributed by atoms with E-state index in [1.807, 2.05) is 12.3 Å². The van der Waals surface area contributed by atoms with Gasteiger partial charge in [0.05, 0.1) is 5.52 Å². The SMILES string of the molecule is CCC1CNC(C)(C)CN1c1cccc2ncccc12. The van der Waals surface area contributed by atoms with Gasteiger partial charge in [0.2, 0.25) is 0 Å². The molecule has 0 aliphatic carbocycles. The summed E-state index contributed by atoms with van der Waals surface area (Å²) in [5, 5.41) is 4.91. The molecule has 1 N–H and O–H groups in total. The van der Waals surface area contributed by atoms with E-state index in [0.717, 1.165) is 25.0 Å². The Morgan fingerprint density at radius 1 is 1.30 bits per heavy atom. The van der Waals surface area contributed by atoms with Crippen molar-refractivity contribution in [1.82, 2.24) is 10.3 Å². The number of piperazine rings is 1. The summed E-state index contributed by atoms with van der Waals surface area (Å²) in [6.45, 7) is 8.88. The van der Waals surface area contributed by atoms with Crippen LogP contribution >= 0.6 is 0 Å². The van der Waals surface area contributed by atoms with Gasteiger partial charge in [-0.15, -0.1) is 0 Å². The Hall–Kier alpha value is -1.61. The largest absolute Gasteiger partial charge is 0.365 e. The van der Waals surface area contributed by atoms with Crippen LogP contribution in [0.5, 0.6) is 0 Å². The minimum absolute atomic E-state index is 0.149. The molecule has 1 aliphatic rings. The number of hydrogen-bond donors (Lipinski definition) is 1. The molecule has 0 radical (unpaired) electrons. The predicted molar refractivity (Wildman–Crippen MR) is 85.2 cm³/mol. The third-order valence-electron chi connectivity index (χ3n) is 4.23. The zero-order valence-electron chi connectivity index (χ0n) is 12.6. The maximum Gasteiger partial charge on any atom is 0.0722 e. The molecule has 1 aliphatic heterocycles. The fourth-order valence-electron chi connectivity index (χ4n) is 3.10. The summed E-state index contributed by atoms with van der Waals surface area (Å²) in [4.78, 5) is 7.04. The fraction of sp³-hybridized carbons (Fsp3) is 0.471. The van der Waals surface area contributed by atoms with Gasteiger partial charge >= 0.3 is 0 Å². The topological polar surface area (TPSA) is 28.2 Å². The monoisotopic (exact) mass is 269 g/mol. The van der Waals surface area contributed by atoms with Gasteiger partial charge in [-0.3, -0.25) is 4.98 Å². The average Bonchev–Trinajstić information content (AvgIpc) is 2.46. The number of pyridine rings is 1. The van der Waals surface area contributed by atoms with E-state index < -0.39 is 0 Å². The highest BCUT2D eigenvalue weighted by molar-refractivity contribution is 5.91. The average molecular weight is 269 g/mol. The zero-order valence-corrected chi connectivity index (χ0v) is 12.6. The quantitative estimate of drug-likeness (QED) is 0.907. The van der Waals surface area contributed by atoms with Crippen molar-refractivity contribution in [3.05, 3.63) is 36.5 Å². The molecule has 1 unspecified atom stereocenters. The fourth-order valence-corrected chi connectivity index (χ4v) is 3.10. The number of aromatic nitrogens is 1. The van der Waals surface area contributed by atoms with Crippen molar-refractivity contribution in [1.29, 1.82) is 0 Å². The van der Waals surface area contributed by atoms with E-state index in [4.69, 9.17) is 0 Å². The Balaban J connectivity index is 2.07. The van der Waals surface area contributed by atoms with Crippen LogP contribution in [0.4, 0.5) is 5.69 Å². The molecule has 106 valence electrons. The van der Waals surface area contributed by atoms with Gasteiger partial charge in [-0.2, -0.15) is 0 Å². The summed E-state index contributed by atoms with van der Waals surface area (Å²) >= 11 is 0. The molecule has 1 saturated heterocycles. The lowest BCUT2D eigenvalue weighted by Crippen LogP contribution is -2.61. The molecule has 3 heteroatoms. The molecule has 3 nitrogen and oxygen atoms in total. The first-order valence-electron chi connectivity index (χ1n) is 7.46. The lowest BCUT2D eigenvalue weighted by Gasteiger charge is -2.46. The van der Waals surface area contributed by atoms with Crippen LogP contribution in [0.15, 0.2) is 36.5 Å². The molecule has 2 heterocycles. The Morgan fingerprint density at radius 3 is 2.95 bits per heavy atom. The Morgan fingerprint density at radius 2 is 2.15 bits per heavy atom. The molecule has 0 bridgehead atoms. The highest BCUT2D eigenvalue weighted by Crippen LogP contribution is 2.30. The molecular formula is C17H23N3. The first-order chi connectivity index (χ1) is 9.61. The standard InChI is InChI=1S/C17H23N3/c1-4-13-11-19-17(2,3)12-20(13)16-9-5-8-15-14(16)7-6-10-18-15/h5-10,13,19H,4,11-12H2,1-3H3. The summed E-state index contributed by atoms with van der Waals surface area (Å²) < 4.78 is 0. The van der Waals surface area contributed by atoms with Crippen LogP contribution in [0.25, 0.3) is 10.9 Å². The van der Waals surface area contributed by atoms with Crippen molar-refractivity contribution in [2.24, 2.45) is 0 Å². The van der Waals surface area contributed by atoms with E-state index in [1.54, 1.807) is 0 Å². The number of anilines is 1. The summed E-state index contributed by atoms with van der Waals surface area (Å²) in [5.41, 5.74) is 2.55. The maximum atomic E-state index is 4.48. The first kappa shape index (κ1) is 13.4. The van der Waals surface area contributed by atoms with Gasteiger partial charge in [0.15, 0.2) is 0 Å². The van der Waals surface area contributed by atoms with Crippen LogP contribution in [0, 0.1) is 0 Å². The van der Waals surface area contributed by atoms with Crippen LogP contribution in [-0.2, 0) is 0 Å². The van der Waals surface area contributed by atoms with E-state index in [-0.39, 0.29) is 5.54 Å². The van der Waals surface area contributed by atoms with E-state index in [1.165, 1.54) is 11.1 Å². The number of hydrogen-bond acceptors (Lipinski definition) is 3. The smallest absolute Gasteiger partial charge is 0.0722 e. The number of fused-ring (bicyclic) bond motifs is 1. The van der Waals surface area contributed by atoms with E-state index in [2.05, 4.69) is 60.2 Å². The van der Waals surface area contributed by atoms with Gasteiger partial charge in [0, 0.05) is 41.9 Å². The molecule has 1 atom stereocenters. The summed E-state index contributed by atoms with van der Waals surface area (Å²) in [7, 11) is 0. The van der Waals surface area contributed by atoms with Crippen molar-refractivity contribution >= 4 is 16.6 Å². The number of rotatable bonds is 2. The van der Waals surface area contributed by atoms with Gasteiger partial charge < -0.3 is 10.2 Å². The molecule has 3 rings (SSSR count). The molecule has 20 heavy (non-hydrogen) atoms. The van der Waals surface area contributed by atoms with Crippen LogP contribution in [0.2, 0.25) is 0 Å². The molecular weight excluding hydrogens is 246 g/mol. The third kappa shape index (κ3) is 2.38. The minimum Gasteiger partial charge on any atom is -0.365 e. The van der Waals surface area contributed by atoms with E-state index >= 15 is 0 Å². The van der Waals surface area contributed by atoms with E-state index in [9.17, 15) is 0 Å². The molecule has 1 aromatic heterocycles. The second-order valence-electron chi connectivity index (χ2n) is 6.30. The van der Waals surface area contributed by atoms with Gasteiger partial charge in [-0.1, -0.05) is 13.0 Å². The molecule has 2 aromatic rings. The van der Waals surface area contributed by atoms with Crippen molar-refractivity contribution in [2.75, 3.05) is 18.0 Å². The predicted octanol–water partition coefficient (Wildman–Crippen LogP) is 3.20. The van der Waals surface area contributed by atoms with Crippen molar-refractivity contribution in [3.8, 4) is 0 Å². The Kier molecular flexibility index (Phi) is 3.38. The summed E-state index contributed by atoms with van der Waals surface area (Å²) in [6, 6.07) is 11.2. The van der Waals surface area contributed by atoms with Gasteiger partial charge in [0.25, 0.3) is 0 Å². The lowest BCUT2D eigenvalue weighted by atomic mass is 9.96. The lowest BCUT2D eigenvalue weighted by molar-refractivity contribution is 0.306. The van der Waals surface area contributed by atoms with Crippen LogP contribution in [0.1, 0.15) is 27.2 Å². The molecule has 1 aromatic carbocycles. The number of benzene rings is 1. The Labute approximate surface area is 121 Å². The third-order valence-corrected chi connectivity index (χ3v) is 4.23. The molecule has 0 saturated carbocycles. The molecule has 0 spiro atoms. The van der Waals surface area contributed by atoms with Crippen molar-refractivity contribution < 1.29 is 0 Å². The normalized spacial score (nSPS) is 22.1. The highest BCUT2D eigenvalue weighted by atomic mass is 15.3. The maximum absolute atomic E-state index is 4.48. The van der Waals surface area contributed by atoms with Gasteiger partial charge in [0.1, 0.15) is 0 Å². The number of nitrogens with zero attached hydrogens (tertiary/aromatic N) is 2.